The van der Waals surface area contributed by atoms with Gasteiger partial charge in [0.1, 0.15) is 23.1 Å². The van der Waals surface area contributed by atoms with Gasteiger partial charge in [-0.25, -0.2) is 4.39 Å². The maximum absolute atomic E-state index is 13.6. The molecule has 1 aliphatic heterocycles. The summed E-state index contributed by atoms with van der Waals surface area (Å²) in [6, 6.07) is 15.7. The molecule has 1 saturated heterocycles. The van der Waals surface area contributed by atoms with Gasteiger partial charge in [-0.3, -0.25) is 14.5 Å². The van der Waals surface area contributed by atoms with Crippen LogP contribution in [0.1, 0.15) is 24.1 Å². The second-order valence-corrected chi connectivity index (χ2v) is 7.90. The van der Waals surface area contributed by atoms with E-state index in [-0.39, 0.29) is 16.2 Å². The molecule has 1 heterocycles. The number of hydrogen-bond acceptors (Lipinski definition) is 5. The number of ether oxygens (including phenoxy) is 2. The van der Waals surface area contributed by atoms with Gasteiger partial charge < -0.3 is 14.6 Å². The van der Waals surface area contributed by atoms with Crippen molar-refractivity contribution in [1.29, 1.82) is 0 Å². The van der Waals surface area contributed by atoms with Gasteiger partial charge in [0.15, 0.2) is 0 Å². The van der Waals surface area contributed by atoms with Crippen LogP contribution in [0.25, 0.3) is 5.76 Å². The van der Waals surface area contributed by atoms with Crippen molar-refractivity contribution in [3.05, 3.63) is 94.3 Å². The van der Waals surface area contributed by atoms with E-state index in [9.17, 15) is 19.1 Å². The summed E-state index contributed by atoms with van der Waals surface area (Å²) < 4.78 is 24.3. The Labute approximate surface area is 200 Å². The van der Waals surface area contributed by atoms with Gasteiger partial charge >= 0.3 is 0 Å². The number of carbonyl (C=O) groups is 2. The van der Waals surface area contributed by atoms with Gasteiger partial charge in [-0.1, -0.05) is 23.7 Å². The minimum Gasteiger partial charge on any atom is -0.507 e. The number of aliphatic hydroxyl groups excluding tert-OH is 1. The second kappa shape index (κ2) is 9.57. The predicted octanol–water partition coefficient (Wildman–Crippen LogP) is 5.51. The number of aliphatic hydroxyl groups is 1. The van der Waals surface area contributed by atoms with Gasteiger partial charge in [0.2, 0.25) is 0 Å². The SMILES string of the molecule is CCOc1ccc(Cl)c(/C(O)=C2\C(=O)C(=O)N(c3ccc(F)cc3)C2c2ccc(OC)cc2)c1. The number of carbonyl (C=O) groups excluding carboxylic acids is 2. The summed E-state index contributed by atoms with van der Waals surface area (Å²) in [7, 11) is 1.52. The smallest absolute Gasteiger partial charge is 0.300 e. The lowest BCUT2D eigenvalue weighted by atomic mass is 9.95. The van der Waals surface area contributed by atoms with Crippen molar-refractivity contribution >= 4 is 34.7 Å². The summed E-state index contributed by atoms with van der Waals surface area (Å²) in [5, 5.41) is 11.5. The normalized spacial score (nSPS) is 17.2. The van der Waals surface area contributed by atoms with Gasteiger partial charge in [0.05, 0.1) is 30.4 Å². The van der Waals surface area contributed by atoms with E-state index in [1.807, 2.05) is 6.92 Å². The number of rotatable bonds is 6. The number of anilines is 1. The first-order chi connectivity index (χ1) is 16.3. The van der Waals surface area contributed by atoms with Crippen molar-refractivity contribution in [2.75, 3.05) is 18.6 Å². The molecular formula is C26H21ClFNO5. The standard InChI is InChI=1S/C26H21ClFNO5/c1-3-34-19-12-13-21(27)20(14-19)24(30)22-23(15-4-10-18(33-2)11-5-15)29(26(32)25(22)31)17-8-6-16(28)7-9-17/h4-14,23,30H,3H2,1-2H3/b24-22+. The average Bonchev–Trinajstić information content (AvgIpc) is 3.11. The van der Waals surface area contributed by atoms with Crippen LogP contribution in [-0.4, -0.2) is 30.5 Å². The molecule has 3 aromatic rings. The molecule has 3 aromatic carbocycles. The van der Waals surface area contributed by atoms with Crippen molar-refractivity contribution in [2.45, 2.75) is 13.0 Å². The molecule has 6 nitrogen and oxygen atoms in total. The molecule has 174 valence electrons. The zero-order valence-electron chi connectivity index (χ0n) is 18.4. The van der Waals surface area contributed by atoms with Crippen LogP contribution in [0.4, 0.5) is 10.1 Å². The molecule has 0 spiro atoms. The minimum absolute atomic E-state index is 0.143. The maximum Gasteiger partial charge on any atom is 0.300 e. The van der Waals surface area contributed by atoms with Crippen LogP contribution in [0.5, 0.6) is 11.5 Å². The fraction of sp³-hybridized carbons (Fsp3) is 0.154. The predicted molar refractivity (Wildman–Crippen MR) is 127 cm³/mol. The number of halogens is 2. The van der Waals surface area contributed by atoms with Crippen molar-refractivity contribution in [2.24, 2.45) is 0 Å². The monoisotopic (exact) mass is 481 g/mol. The van der Waals surface area contributed by atoms with Gasteiger partial charge in [-0.05, 0) is 67.1 Å². The second-order valence-electron chi connectivity index (χ2n) is 7.49. The molecular weight excluding hydrogens is 461 g/mol. The third-order valence-corrected chi connectivity index (χ3v) is 5.81. The number of amides is 1. The van der Waals surface area contributed by atoms with Crippen LogP contribution in [0.3, 0.4) is 0 Å². The molecule has 1 atom stereocenters. The van der Waals surface area contributed by atoms with E-state index in [0.717, 1.165) is 0 Å². The lowest BCUT2D eigenvalue weighted by molar-refractivity contribution is -0.132. The zero-order chi connectivity index (χ0) is 24.4. The highest BCUT2D eigenvalue weighted by Crippen LogP contribution is 2.43. The molecule has 1 fully saturated rings. The Balaban J connectivity index is 1.94. The first-order valence-electron chi connectivity index (χ1n) is 10.5. The molecule has 0 aliphatic carbocycles. The maximum atomic E-state index is 13.6. The number of methoxy groups -OCH3 is 1. The van der Waals surface area contributed by atoms with E-state index in [0.29, 0.717) is 29.4 Å². The number of benzene rings is 3. The largest absolute Gasteiger partial charge is 0.507 e. The Morgan fingerprint density at radius 1 is 1.03 bits per heavy atom. The highest BCUT2D eigenvalue weighted by Gasteiger charge is 2.47. The summed E-state index contributed by atoms with van der Waals surface area (Å²) in [6.45, 7) is 2.20. The molecule has 1 unspecified atom stereocenters. The third-order valence-electron chi connectivity index (χ3n) is 5.48. The fourth-order valence-corrected chi connectivity index (χ4v) is 4.10. The van der Waals surface area contributed by atoms with Crippen molar-refractivity contribution in [3.8, 4) is 11.5 Å². The summed E-state index contributed by atoms with van der Waals surface area (Å²) in [5.74, 6) is -1.64. The van der Waals surface area contributed by atoms with Gasteiger partial charge in [-0.2, -0.15) is 0 Å². The summed E-state index contributed by atoms with van der Waals surface area (Å²) in [6.07, 6.45) is 0. The Bertz CT molecular complexity index is 1270. The van der Waals surface area contributed by atoms with E-state index in [2.05, 4.69) is 0 Å². The van der Waals surface area contributed by atoms with Gasteiger partial charge in [0, 0.05) is 11.3 Å². The lowest BCUT2D eigenvalue weighted by Gasteiger charge is -2.25. The average molecular weight is 482 g/mol. The first kappa shape index (κ1) is 23.3. The number of Topliss-reactive ketones (excluding diaryl/α,β-unsaturated/α-hetero) is 1. The van der Waals surface area contributed by atoms with Crippen LogP contribution in [0.2, 0.25) is 5.02 Å². The molecule has 0 aromatic heterocycles. The minimum atomic E-state index is -0.983. The van der Waals surface area contributed by atoms with E-state index in [1.54, 1.807) is 36.4 Å². The van der Waals surface area contributed by atoms with Crippen LogP contribution < -0.4 is 14.4 Å². The van der Waals surface area contributed by atoms with Crippen LogP contribution in [0.15, 0.2) is 72.3 Å². The van der Waals surface area contributed by atoms with Crippen molar-refractivity contribution < 1.29 is 28.6 Å². The summed E-state index contributed by atoms with van der Waals surface area (Å²) in [4.78, 5) is 27.6. The highest BCUT2D eigenvalue weighted by atomic mass is 35.5. The molecule has 4 rings (SSSR count). The lowest BCUT2D eigenvalue weighted by Crippen LogP contribution is -2.29. The molecule has 8 heteroatoms. The number of hydrogen-bond donors (Lipinski definition) is 1. The van der Waals surface area contributed by atoms with Gasteiger partial charge in [-0.15, -0.1) is 0 Å². The Morgan fingerprint density at radius 3 is 2.29 bits per heavy atom. The van der Waals surface area contributed by atoms with Crippen LogP contribution >= 0.6 is 11.6 Å². The first-order valence-corrected chi connectivity index (χ1v) is 10.9. The molecule has 34 heavy (non-hydrogen) atoms. The quantitative estimate of drug-likeness (QED) is 0.285. The molecule has 1 aliphatic rings. The molecule has 1 amide bonds. The molecule has 0 bridgehead atoms. The van der Waals surface area contributed by atoms with E-state index >= 15 is 0 Å². The molecule has 1 N–H and O–H groups in total. The third kappa shape index (κ3) is 4.22. The fourth-order valence-electron chi connectivity index (χ4n) is 3.89. The van der Waals surface area contributed by atoms with Gasteiger partial charge in [0.25, 0.3) is 11.7 Å². The van der Waals surface area contributed by atoms with E-state index in [4.69, 9.17) is 21.1 Å². The topological polar surface area (TPSA) is 76.1 Å². The summed E-state index contributed by atoms with van der Waals surface area (Å²) in [5.41, 5.74) is 0.860. The number of nitrogens with zero attached hydrogens (tertiary/aromatic N) is 1. The van der Waals surface area contributed by atoms with E-state index < -0.39 is 29.3 Å². The zero-order valence-corrected chi connectivity index (χ0v) is 19.2. The van der Waals surface area contributed by atoms with Crippen molar-refractivity contribution in [1.82, 2.24) is 0 Å². The number of ketones is 1. The Kier molecular flexibility index (Phi) is 6.56. The van der Waals surface area contributed by atoms with Crippen LogP contribution in [0, 0.1) is 5.82 Å². The van der Waals surface area contributed by atoms with Crippen LogP contribution in [-0.2, 0) is 9.59 Å². The molecule has 0 radical (unpaired) electrons. The summed E-state index contributed by atoms with van der Waals surface area (Å²) >= 11 is 6.34. The molecule has 0 saturated carbocycles. The Hall–Kier alpha value is -3.84. The van der Waals surface area contributed by atoms with Crippen molar-refractivity contribution in [3.63, 3.8) is 0 Å². The highest BCUT2D eigenvalue weighted by molar-refractivity contribution is 6.52. The van der Waals surface area contributed by atoms with E-state index in [1.165, 1.54) is 42.3 Å². The Morgan fingerprint density at radius 2 is 1.68 bits per heavy atom.